The number of pyridine rings is 1. The second kappa shape index (κ2) is 5.09. The molecule has 0 atom stereocenters. The first kappa shape index (κ1) is 12.9. The van der Waals surface area contributed by atoms with Gasteiger partial charge in [-0.05, 0) is 31.7 Å². The van der Waals surface area contributed by atoms with Crippen LogP contribution in [0.25, 0.3) is 0 Å². The Labute approximate surface area is 119 Å². The van der Waals surface area contributed by atoms with Crippen LogP contribution in [0.5, 0.6) is 0 Å². The normalized spacial score (nSPS) is 13.8. The maximum absolute atomic E-state index is 10.8. The van der Waals surface area contributed by atoms with Crippen LogP contribution in [0.1, 0.15) is 33.8 Å². The van der Waals surface area contributed by atoms with Crippen molar-refractivity contribution in [3.8, 4) is 0 Å². The van der Waals surface area contributed by atoms with Crippen molar-refractivity contribution >= 4 is 33.9 Å². The van der Waals surface area contributed by atoms with E-state index in [0.717, 1.165) is 23.7 Å². The predicted molar refractivity (Wildman–Crippen MR) is 77.6 cm³/mol. The topological polar surface area (TPSA) is 101 Å². The van der Waals surface area contributed by atoms with E-state index in [1.165, 1.54) is 30.0 Å². The van der Waals surface area contributed by atoms with Crippen molar-refractivity contribution in [3.05, 3.63) is 28.4 Å². The molecule has 0 amide bonds. The number of carboxylic acids is 1. The number of fused-ring (bicyclic) bond motifs is 1. The Morgan fingerprint density at radius 3 is 2.90 bits per heavy atom. The number of hydrogen-bond acceptors (Lipinski definition) is 6. The Morgan fingerprint density at radius 2 is 2.20 bits per heavy atom. The Hall–Kier alpha value is -2.15. The average Bonchev–Trinajstić information content (AvgIpc) is 2.83. The first-order valence-electron chi connectivity index (χ1n) is 6.38. The third-order valence-corrected chi connectivity index (χ3v) is 4.31. The van der Waals surface area contributed by atoms with Crippen molar-refractivity contribution in [3.63, 3.8) is 0 Å². The van der Waals surface area contributed by atoms with Gasteiger partial charge in [0.1, 0.15) is 0 Å². The van der Waals surface area contributed by atoms with E-state index in [0.29, 0.717) is 11.5 Å². The molecule has 104 valence electrons. The van der Waals surface area contributed by atoms with Gasteiger partial charge in [0, 0.05) is 11.1 Å². The van der Waals surface area contributed by atoms with Crippen molar-refractivity contribution in [2.24, 2.45) is 0 Å². The van der Waals surface area contributed by atoms with Crippen molar-refractivity contribution in [1.29, 1.82) is 0 Å². The van der Waals surface area contributed by atoms with Gasteiger partial charge >= 0.3 is 5.97 Å². The molecule has 2 aromatic heterocycles. The summed E-state index contributed by atoms with van der Waals surface area (Å²) >= 11 is 1.62. The molecule has 7 heteroatoms. The molecule has 3 rings (SSSR count). The molecule has 0 saturated carbocycles. The van der Waals surface area contributed by atoms with Crippen LogP contribution < -0.4 is 11.1 Å². The summed E-state index contributed by atoms with van der Waals surface area (Å²) < 4.78 is 0. The zero-order valence-corrected chi connectivity index (χ0v) is 11.5. The van der Waals surface area contributed by atoms with Crippen LogP contribution in [0, 0.1) is 0 Å². The van der Waals surface area contributed by atoms with Crippen LogP contribution >= 0.6 is 11.3 Å². The quantitative estimate of drug-likeness (QED) is 0.802. The molecular formula is C13H14N4O2S. The van der Waals surface area contributed by atoms with Gasteiger partial charge in [-0.15, -0.1) is 11.3 Å². The van der Waals surface area contributed by atoms with Crippen molar-refractivity contribution in [2.75, 3.05) is 11.1 Å². The number of aromatic carboxylic acids is 1. The molecule has 1 aliphatic rings. The minimum atomic E-state index is -1.04. The number of aryl methyl sites for hydroxylation is 2. The lowest BCUT2D eigenvalue weighted by atomic mass is 10.0. The number of nitrogen functional groups attached to an aromatic ring is 1. The van der Waals surface area contributed by atoms with Crippen LogP contribution in [0.3, 0.4) is 0 Å². The molecule has 0 bridgehead atoms. The summed E-state index contributed by atoms with van der Waals surface area (Å²) in [7, 11) is 0. The molecule has 0 saturated heterocycles. The average molecular weight is 290 g/mol. The lowest BCUT2D eigenvalue weighted by molar-refractivity contribution is 0.0696. The van der Waals surface area contributed by atoms with Gasteiger partial charge in [0.25, 0.3) is 0 Å². The second-order valence-corrected chi connectivity index (χ2v) is 5.77. The Balaban J connectivity index is 1.84. The number of rotatable bonds is 3. The van der Waals surface area contributed by atoms with Gasteiger partial charge in [-0.2, -0.15) is 0 Å². The number of thiazole rings is 1. The predicted octanol–water partition coefficient (Wildman–Crippen LogP) is 2.44. The Kier molecular flexibility index (Phi) is 3.27. The lowest BCUT2D eigenvalue weighted by Gasteiger charge is -2.06. The van der Waals surface area contributed by atoms with Crippen molar-refractivity contribution < 1.29 is 9.90 Å². The second-order valence-electron chi connectivity index (χ2n) is 4.69. The number of carboxylic acid groups (broad SMARTS) is 1. The maximum Gasteiger partial charge on any atom is 0.337 e. The number of nitrogens with one attached hydrogen (secondary N) is 1. The zero-order valence-electron chi connectivity index (χ0n) is 10.7. The largest absolute Gasteiger partial charge is 0.478 e. The molecule has 2 heterocycles. The highest BCUT2D eigenvalue weighted by atomic mass is 32.1. The summed E-state index contributed by atoms with van der Waals surface area (Å²) in [6.07, 6.45) is 5.78. The number of carbonyl (C=O) groups is 1. The highest BCUT2D eigenvalue weighted by Crippen LogP contribution is 2.32. The molecule has 0 aliphatic heterocycles. The lowest BCUT2D eigenvalue weighted by Crippen LogP contribution is -2.04. The van der Waals surface area contributed by atoms with E-state index in [4.69, 9.17) is 10.8 Å². The third-order valence-electron chi connectivity index (χ3n) is 3.24. The van der Waals surface area contributed by atoms with Gasteiger partial charge in [0.15, 0.2) is 10.9 Å². The first-order chi connectivity index (χ1) is 9.63. The van der Waals surface area contributed by atoms with Gasteiger partial charge in [0.2, 0.25) is 0 Å². The molecule has 20 heavy (non-hydrogen) atoms. The summed E-state index contributed by atoms with van der Waals surface area (Å²) in [4.78, 5) is 20.7. The Morgan fingerprint density at radius 1 is 1.40 bits per heavy atom. The van der Waals surface area contributed by atoms with Crippen LogP contribution in [0.4, 0.5) is 16.6 Å². The standard InChI is InChI=1S/C13H14N4O2S/c14-8-5-7(12(18)19)6-15-11(8)17-13-16-9-3-1-2-4-10(9)20-13/h5-6H,1-4,14H2,(H,18,19)(H,15,16,17). The van der Waals surface area contributed by atoms with Crippen molar-refractivity contribution in [1.82, 2.24) is 9.97 Å². The van der Waals surface area contributed by atoms with E-state index in [9.17, 15) is 4.79 Å². The SMILES string of the molecule is Nc1cc(C(=O)O)cnc1Nc1nc2c(s1)CCCC2. The maximum atomic E-state index is 10.8. The zero-order chi connectivity index (χ0) is 14.1. The van der Waals surface area contributed by atoms with Crippen LogP contribution in [0.2, 0.25) is 0 Å². The van der Waals surface area contributed by atoms with E-state index >= 15 is 0 Å². The minimum absolute atomic E-state index is 0.0754. The number of nitrogens with two attached hydrogens (primary N) is 1. The van der Waals surface area contributed by atoms with E-state index in [1.54, 1.807) is 11.3 Å². The van der Waals surface area contributed by atoms with Gasteiger partial charge in [-0.25, -0.2) is 14.8 Å². The van der Waals surface area contributed by atoms with Crippen LogP contribution in [-0.4, -0.2) is 21.0 Å². The van der Waals surface area contributed by atoms with Gasteiger partial charge in [-0.1, -0.05) is 0 Å². The molecule has 0 aromatic carbocycles. The number of anilines is 3. The van der Waals surface area contributed by atoms with Gasteiger partial charge < -0.3 is 16.2 Å². The Bertz CT molecular complexity index is 645. The monoisotopic (exact) mass is 290 g/mol. The minimum Gasteiger partial charge on any atom is -0.478 e. The molecule has 0 unspecified atom stereocenters. The number of aromatic nitrogens is 2. The summed E-state index contributed by atoms with van der Waals surface area (Å²) in [6.45, 7) is 0. The molecular weight excluding hydrogens is 276 g/mol. The van der Waals surface area contributed by atoms with E-state index in [-0.39, 0.29) is 5.56 Å². The first-order valence-corrected chi connectivity index (χ1v) is 7.19. The molecule has 0 radical (unpaired) electrons. The van der Waals surface area contributed by atoms with E-state index in [2.05, 4.69) is 15.3 Å². The van der Waals surface area contributed by atoms with Crippen LogP contribution in [0.15, 0.2) is 12.3 Å². The highest BCUT2D eigenvalue weighted by molar-refractivity contribution is 7.15. The number of nitrogens with zero attached hydrogens (tertiary/aromatic N) is 2. The van der Waals surface area contributed by atoms with Crippen LogP contribution in [-0.2, 0) is 12.8 Å². The highest BCUT2D eigenvalue weighted by Gasteiger charge is 2.16. The molecule has 0 fully saturated rings. The number of hydrogen-bond donors (Lipinski definition) is 3. The molecule has 4 N–H and O–H groups in total. The van der Waals surface area contributed by atoms with E-state index < -0.39 is 5.97 Å². The fourth-order valence-electron chi connectivity index (χ4n) is 2.21. The molecule has 1 aliphatic carbocycles. The van der Waals surface area contributed by atoms with E-state index in [1.807, 2.05) is 0 Å². The summed E-state index contributed by atoms with van der Waals surface area (Å²) in [5.74, 6) is -0.596. The summed E-state index contributed by atoms with van der Waals surface area (Å²) in [5, 5.41) is 12.7. The molecule has 2 aromatic rings. The smallest absolute Gasteiger partial charge is 0.337 e. The van der Waals surface area contributed by atoms with Gasteiger partial charge in [0.05, 0.1) is 16.9 Å². The molecule has 0 spiro atoms. The fraction of sp³-hybridized carbons (Fsp3) is 0.308. The van der Waals surface area contributed by atoms with Crippen molar-refractivity contribution in [2.45, 2.75) is 25.7 Å². The summed E-state index contributed by atoms with van der Waals surface area (Å²) in [5.41, 5.74) is 7.35. The van der Waals surface area contributed by atoms with Gasteiger partial charge in [-0.3, -0.25) is 0 Å². The third kappa shape index (κ3) is 2.44. The fourth-order valence-corrected chi connectivity index (χ4v) is 3.26. The summed E-state index contributed by atoms with van der Waals surface area (Å²) in [6, 6.07) is 1.39. The molecule has 6 nitrogen and oxygen atoms in total.